The third-order valence-electron chi connectivity index (χ3n) is 7.90. The molecule has 2 atom stereocenters. The average molecular weight is 600 g/mol. The normalized spacial score (nSPS) is 17.2. The van der Waals surface area contributed by atoms with E-state index in [9.17, 15) is 9.59 Å². The van der Waals surface area contributed by atoms with Crippen LogP contribution < -0.4 is 16.0 Å². The number of rotatable bonds is 12. The van der Waals surface area contributed by atoms with Crippen molar-refractivity contribution in [2.75, 3.05) is 33.2 Å². The summed E-state index contributed by atoms with van der Waals surface area (Å²) >= 11 is 5.98. The molecule has 5 rings (SSSR count). The van der Waals surface area contributed by atoms with Gasteiger partial charge < -0.3 is 25.4 Å². The number of amides is 2. The molecule has 0 saturated carbocycles. The van der Waals surface area contributed by atoms with Gasteiger partial charge in [0.15, 0.2) is 11.5 Å². The van der Waals surface area contributed by atoms with Crippen molar-refractivity contribution in [2.45, 2.75) is 37.3 Å². The Kier molecular flexibility index (Phi) is 10.6. The summed E-state index contributed by atoms with van der Waals surface area (Å²) in [5.74, 6) is 0.332. The first kappa shape index (κ1) is 30.5. The van der Waals surface area contributed by atoms with E-state index in [4.69, 9.17) is 16.1 Å². The lowest BCUT2D eigenvalue weighted by Gasteiger charge is -2.29. The van der Waals surface area contributed by atoms with E-state index in [1.165, 1.54) is 11.1 Å². The highest BCUT2D eigenvalue weighted by atomic mass is 35.5. The summed E-state index contributed by atoms with van der Waals surface area (Å²) in [6.07, 6.45) is 2.27. The number of nitrogens with one attached hydrogen (secondary N) is 3. The van der Waals surface area contributed by atoms with E-state index in [0.29, 0.717) is 43.3 Å². The molecule has 3 N–H and O–H groups in total. The average Bonchev–Trinajstić information content (AvgIpc) is 3.49. The molecule has 1 aliphatic heterocycles. The lowest BCUT2D eigenvalue weighted by molar-refractivity contribution is -0.133. The highest BCUT2D eigenvalue weighted by Crippen LogP contribution is 2.27. The molecule has 1 aliphatic rings. The van der Waals surface area contributed by atoms with Crippen molar-refractivity contribution in [3.05, 3.63) is 113 Å². The van der Waals surface area contributed by atoms with Gasteiger partial charge >= 0.3 is 0 Å². The second-order valence-electron chi connectivity index (χ2n) is 10.9. The molecule has 1 fully saturated rings. The number of nitrogens with zero attached hydrogens (tertiary/aromatic N) is 2. The van der Waals surface area contributed by atoms with Crippen LogP contribution in [-0.2, 0) is 4.79 Å². The molecule has 2 heterocycles. The van der Waals surface area contributed by atoms with Crippen LogP contribution in [0.15, 0.2) is 95.5 Å². The zero-order chi connectivity index (χ0) is 30.0. The van der Waals surface area contributed by atoms with Crippen LogP contribution in [-0.4, -0.2) is 67.2 Å². The van der Waals surface area contributed by atoms with E-state index in [1.807, 2.05) is 60.5 Å². The van der Waals surface area contributed by atoms with Crippen molar-refractivity contribution in [1.82, 2.24) is 26.0 Å². The van der Waals surface area contributed by atoms with Gasteiger partial charge in [0.25, 0.3) is 5.91 Å². The molecule has 1 saturated heterocycles. The molecular weight excluding hydrogens is 562 g/mol. The molecule has 4 aromatic rings. The second kappa shape index (κ2) is 15.0. The van der Waals surface area contributed by atoms with Crippen LogP contribution in [0, 0.1) is 0 Å². The van der Waals surface area contributed by atoms with Gasteiger partial charge in [-0.05, 0) is 68.2 Å². The van der Waals surface area contributed by atoms with Crippen LogP contribution in [0.4, 0.5) is 0 Å². The molecule has 2 amide bonds. The van der Waals surface area contributed by atoms with Gasteiger partial charge in [-0.3, -0.25) is 9.59 Å². The number of halogens is 1. The zero-order valence-corrected chi connectivity index (χ0v) is 25.1. The SMILES string of the molecule is CNCCCC1NC(CNC(=O)c2cc(-c3ccc(Cl)cc3)on2)CCN(CC(c2ccccc2)c2ccccc2)C1=O. The lowest BCUT2D eigenvalue weighted by Crippen LogP contribution is -2.49. The second-order valence-corrected chi connectivity index (χ2v) is 11.3. The predicted molar refractivity (Wildman–Crippen MR) is 169 cm³/mol. The van der Waals surface area contributed by atoms with Gasteiger partial charge in [0.1, 0.15) is 0 Å². The van der Waals surface area contributed by atoms with Crippen LogP contribution >= 0.6 is 11.6 Å². The van der Waals surface area contributed by atoms with Gasteiger partial charge in [-0.2, -0.15) is 0 Å². The minimum Gasteiger partial charge on any atom is -0.355 e. The summed E-state index contributed by atoms with van der Waals surface area (Å²) in [4.78, 5) is 28.9. The Bertz CT molecular complexity index is 1420. The van der Waals surface area contributed by atoms with Crippen molar-refractivity contribution in [3.63, 3.8) is 0 Å². The van der Waals surface area contributed by atoms with Crippen molar-refractivity contribution in [3.8, 4) is 11.3 Å². The third kappa shape index (κ3) is 8.10. The molecule has 43 heavy (non-hydrogen) atoms. The first-order valence-corrected chi connectivity index (χ1v) is 15.2. The Hall–Kier alpha value is -3.98. The van der Waals surface area contributed by atoms with Gasteiger partial charge in [-0.1, -0.05) is 77.4 Å². The van der Waals surface area contributed by atoms with E-state index >= 15 is 0 Å². The van der Waals surface area contributed by atoms with Gasteiger partial charge in [0, 0.05) is 48.2 Å². The Labute approximate surface area is 257 Å². The molecule has 3 aromatic carbocycles. The Balaban J connectivity index is 1.27. The molecule has 0 spiro atoms. The first-order chi connectivity index (χ1) is 21.0. The van der Waals surface area contributed by atoms with E-state index in [2.05, 4.69) is 45.4 Å². The van der Waals surface area contributed by atoms with Crippen molar-refractivity contribution < 1.29 is 14.1 Å². The fourth-order valence-electron chi connectivity index (χ4n) is 5.55. The van der Waals surface area contributed by atoms with Gasteiger partial charge in [-0.25, -0.2) is 0 Å². The van der Waals surface area contributed by atoms with Gasteiger partial charge in [-0.15, -0.1) is 0 Å². The molecule has 0 aliphatic carbocycles. The maximum Gasteiger partial charge on any atom is 0.273 e. The van der Waals surface area contributed by atoms with Crippen LogP contribution in [0.3, 0.4) is 0 Å². The topological polar surface area (TPSA) is 99.5 Å². The van der Waals surface area contributed by atoms with E-state index in [1.54, 1.807) is 18.2 Å². The maximum absolute atomic E-state index is 13.9. The summed E-state index contributed by atoms with van der Waals surface area (Å²) in [6, 6.07) is 29.1. The highest BCUT2D eigenvalue weighted by Gasteiger charge is 2.32. The summed E-state index contributed by atoms with van der Waals surface area (Å²) < 4.78 is 5.41. The summed E-state index contributed by atoms with van der Waals surface area (Å²) in [7, 11) is 1.92. The van der Waals surface area contributed by atoms with Crippen LogP contribution in [0.2, 0.25) is 5.02 Å². The third-order valence-corrected chi connectivity index (χ3v) is 8.15. The summed E-state index contributed by atoms with van der Waals surface area (Å²) in [5, 5.41) is 14.3. The number of hydrogen-bond acceptors (Lipinski definition) is 6. The van der Waals surface area contributed by atoms with Crippen LogP contribution in [0.5, 0.6) is 0 Å². The number of hydrogen-bond donors (Lipinski definition) is 3. The van der Waals surface area contributed by atoms with Crippen LogP contribution in [0.25, 0.3) is 11.3 Å². The molecular formula is C34H38ClN5O3. The van der Waals surface area contributed by atoms with Gasteiger partial charge in [0.05, 0.1) is 6.04 Å². The predicted octanol–water partition coefficient (Wildman–Crippen LogP) is 5.12. The van der Waals surface area contributed by atoms with E-state index in [0.717, 1.165) is 18.5 Å². The fraction of sp³-hybridized carbons (Fsp3) is 0.324. The molecule has 1 aromatic heterocycles. The maximum atomic E-state index is 13.9. The Morgan fingerprint density at radius 2 is 1.72 bits per heavy atom. The highest BCUT2D eigenvalue weighted by molar-refractivity contribution is 6.30. The summed E-state index contributed by atoms with van der Waals surface area (Å²) in [5.41, 5.74) is 3.35. The Morgan fingerprint density at radius 3 is 2.37 bits per heavy atom. The number of aromatic nitrogens is 1. The zero-order valence-electron chi connectivity index (χ0n) is 24.3. The molecule has 2 unspecified atom stereocenters. The number of benzene rings is 3. The van der Waals surface area contributed by atoms with E-state index < -0.39 is 0 Å². The molecule has 224 valence electrons. The lowest BCUT2D eigenvalue weighted by atomic mass is 9.90. The smallest absolute Gasteiger partial charge is 0.273 e. The largest absolute Gasteiger partial charge is 0.355 e. The molecule has 0 bridgehead atoms. The van der Waals surface area contributed by atoms with Crippen molar-refractivity contribution >= 4 is 23.4 Å². The standard InChI is InChI=1S/C34H38ClN5O3/c1-36-19-8-13-30-34(42)40(23-29(24-9-4-2-5-10-24)25-11-6-3-7-12-25)20-18-28(38-30)22-37-33(41)31-21-32(43-39-31)26-14-16-27(35)17-15-26/h2-7,9-12,14-17,21,28-30,36,38H,8,13,18-20,22-23H2,1H3,(H,37,41). The van der Waals surface area contributed by atoms with Crippen molar-refractivity contribution in [1.29, 1.82) is 0 Å². The summed E-state index contributed by atoms with van der Waals surface area (Å²) in [6.45, 7) is 2.37. The molecule has 9 heteroatoms. The van der Waals surface area contributed by atoms with Gasteiger partial charge in [0.2, 0.25) is 5.91 Å². The number of carbonyl (C=O) groups excluding carboxylic acids is 2. The number of carbonyl (C=O) groups is 2. The first-order valence-electron chi connectivity index (χ1n) is 14.8. The van der Waals surface area contributed by atoms with Crippen LogP contribution in [0.1, 0.15) is 46.8 Å². The van der Waals surface area contributed by atoms with Crippen molar-refractivity contribution in [2.24, 2.45) is 0 Å². The Morgan fingerprint density at radius 1 is 1.05 bits per heavy atom. The molecule has 8 nitrogen and oxygen atoms in total. The monoisotopic (exact) mass is 599 g/mol. The minimum atomic E-state index is -0.339. The minimum absolute atomic E-state index is 0.0579. The fourth-order valence-corrected chi connectivity index (χ4v) is 5.67. The molecule has 0 radical (unpaired) electrons. The van der Waals surface area contributed by atoms with E-state index in [-0.39, 0.29) is 35.5 Å². The quantitative estimate of drug-likeness (QED) is 0.196.